The third kappa shape index (κ3) is 3.76. The number of sulfonamides is 1. The number of aliphatic hydroxyl groups excluding tert-OH is 1. The third-order valence-electron chi connectivity index (χ3n) is 3.87. The van der Waals surface area contributed by atoms with Gasteiger partial charge in [0.05, 0.1) is 5.02 Å². The van der Waals surface area contributed by atoms with E-state index in [1.807, 2.05) is 0 Å². The number of aliphatic hydroxyl groups is 1. The second kappa shape index (κ2) is 7.07. The van der Waals surface area contributed by atoms with Crippen molar-refractivity contribution in [2.75, 3.05) is 19.7 Å². The molecular formula is C14H21ClN2O3S. The van der Waals surface area contributed by atoms with E-state index in [2.05, 4.69) is 0 Å². The van der Waals surface area contributed by atoms with Crippen molar-refractivity contribution < 1.29 is 13.5 Å². The maximum Gasteiger partial charge on any atom is 0.244 e. The molecule has 0 aromatic heterocycles. The van der Waals surface area contributed by atoms with Crippen LogP contribution in [0.5, 0.6) is 0 Å². The molecule has 5 nitrogen and oxygen atoms in total. The van der Waals surface area contributed by atoms with Gasteiger partial charge in [0.25, 0.3) is 0 Å². The summed E-state index contributed by atoms with van der Waals surface area (Å²) in [7, 11) is -3.59. The molecule has 0 radical (unpaired) electrons. The molecule has 118 valence electrons. The Morgan fingerprint density at radius 1 is 1.43 bits per heavy atom. The molecule has 1 atom stereocenters. The molecule has 1 fully saturated rings. The first-order valence-corrected chi connectivity index (χ1v) is 8.90. The predicted molar refractivity (Wildman–Crippen MR) is 82.5 cm³/mol. The number of nitrogens with two attached hydrogens (primary N) is 1. The maximum absolute atomic E-state index is 12.7. The summed E-state index contributed by atoms with van der Waals surface area (Å²) in [6.07, 6.45) is 2.39. The normalized spacial score (nSPS) is 20.6. The Labute approximate surface area is 130 Å². The van der Waals surface area contributed by atoms with E-state index in [1.165, 1.54) is 10.4 Å². The smallest absolute Gasteiger partial charge is 0.244 e. The van der Waals surface area contributed by atoms with Crippen LogP contribution in [0.1, 0.15) is 24.8 Å². The predicted octanol–water partition coefficient (Wildman–Crippen LogP) is 1.58. The number of nitrogens with zero attached hydrogens (tertiary/aromatic N) is 1. The molecule has 0 aliphatic carbocycles. The fraction of sp³-hybridized carbons (Fsp3) is 0.571. The molecule has 7 heteroatoms. The molecule has 1 aromatic carbocycles. The summed E-state index contributed by atoms with van der Waals surface area (Å²) >= 11 is 6.11. The van der Waals surface area contributed by atoms with Crippen LogP contribution in [0.4, 0.5) is 0 Å². The molecule has 21 heavy (non-hydrogen) atoms. The Balaban J connectivity index is 2.25. The second-order valence-corrected chi connectivity index (χ2v) is 7.67. The molecule has 0 saturated carbocycles. The van der Waals surface area contributed by atoms with Crippen molar-refractivity contribution in [2.45, 2.75) is 30.7 Å². The van der Waals surface area contributed by atoms with Gasteiger partial charge in [0.2, 0.25) is 10.0 Å². The van der Waals surface area contributed by atoms with Crippen molar-refractivity contribution >= 4 is 21.6 Å². The topological polar surface area (TPSA) is 83.6 Å². The molecule has 1 aliphatic heterocycles. The van der Waals surface area contributed by atoms with Gasteiger partial charge in [-0.1, -0.05) is 17.7 Å². The highest BCUT2D eigenvalue weighted by molar-refractivity contribution is 7.89. The zero-order valence-electron chi connectivity index (χ0n) is 11.8. The van der Waals surface area contributed by atoms with E-state index in [0.29, 0.717) is 26.1 Å². The van der Waals surface area contributed by atoms with E-state index >= 15 is 0 Å². The van der Waals surface area contributed by atoms with Crippen molar-refractivity contribution in [1.82, 2.24) is 4.31 Å². The minimum Gasteiger partial charge on any atom is -0.396 e. The molecule has 1 heterocycles. The second-order valence-electron chi connectivity index (χ2n) is 5.35. The zero-order chi connectivity index (χ0) is 15.5. The minimum atomic E-state index is -3.59. The number of benzene rings is 1. The Morgan fingerprint density at radius 2 is 2.19 bits per heavy atom. The van der Waals surface area contributed by atoms with Gasteiger partial charge in [0.15, 0.2) is 0 Å². The molecule has 1 aliphatic rings. The first kappa shape index (κ1) is 16.7. The Bertz CT molecular complexity index is 590. The van der Waals surface area contributed by atoms with Crippen molar-refractivity contribution in [3.63, 3.8) is 0 Å². The van der Waals surface area contributed by atoms with Gasteiger partial charge in [-0.3, -0.25) is 0 Å². The summed E-state index contributed by atoms with van der Waals surface area (Å²) in [5, 5.41) is 9.24. The molecule has 0 spiro atoms. The molecule has 0 amide bonds. The summed E-state index contributed by atoms with van der Waals surface area (Å²) < 4.78 is 26.9. The van der Waals surface area contributed by atoms with Crippen LogP contribution in [-0.4, -0.2) is 37.5 Å². The molecular weight excluding hydrogens is 312 g/mol. The third-order valence-corrected chi connectivity index (χ3v) is 6.22. The number of rotatable bonds is 5. The Morgan fingerprint density at radius 3 is 2.81 bits per heavy atom. The van der Waals surface area contributed by atoms with Crippen molar-refractivity contribution in [1.29, 1.82) is 0 Å². The van der Waals surface area contributed by atoms with Gasteiger partial charge in [-0.05, 0) is 42.9 Å². The number of hydrogen-bond acceptors (Lipinski definition) is 4. The number of hydrogen-bond donors (Lipinski definition) is 2. The van der Waals surface area contributed by atoms with E-state index in [0.717, 1.165) is 18.4 Å². The van der Waals surface area contributed by atoms with Crippen LogP contribution in [-0.2, 0) is 16.6 Å². The average Bonchev–Trinajstić information content (AvgIpc) is 2.47. The highest BCUT2D eigenvalue weighted by Crippen LogP contribution is 2.29. The van der Waals surface area contributed by atoms with Gasteiger partial charge >= 0.3 is 0 Å². The zero-order valence-corrected chi connectivity index (χ0v) is 13.4. The quantitative estimate of drug-likeness (QED) is 0.857. The molecule has 2 rings (SSSR count). The van der Waals surface area contributed by atoms with Crippen LogP contribution >= 0.6 is 11.6 Å². The van der Waals surface area contributed by atoms with Crippen LogP contribution in [0.15, 0.2) is 23.1 Å². The molecule has 3 N–H and O–H groups in total. The lowest BCUT2D eigenvalue weighted by molar-refractivity contribution is 0.203. The lowest BCUT2D eigenvalue weighted by Crippen LogP contribution is -2.40. The van der Waals surface area contributed by atoms with Crippen LogP contribution in [0.3, 0.4) is 0 Å². The average molecular weight is 333 g/mol. The fourth-order valence-corrected chi connectivity index (χ4v) is 4.78. The van der Waals surface area contributed by atoms with Gasteiger partial charge in [-0.2, -0.15) is 4.31 Å². The van der Waals surface area contributed by atoms with Gasteiger partial charge in [-0.15, -0.1) is 0 Å². The minimum absolute atomic E-state index is 0.0878. The lowest BCUT2D eigenvalue weighted by Gasteiger charge is -2.31. The van der Waals surface area contributed by atoms with Crippen molar-refractivity contribution in [3.05, 3.63) is 28.8 Å². The largest absolute Gasteiger partial charge is 0.396 e. The number of piperidine rings is 1. The molecule has 1 unspecified atom stereocenters. The first-order chi connectivity index (χ1) is 9.98. The van der Waals surface area contributed by atoms with Gasteiger partial charge in [-0.25, -0.2) is 8.42 Å². The van der Waals surface area contributed by atoms with Gasteiger partial charge in [0.1, 0.15) is 4.90 Å². The van der Waals surface area contributed by atoms with E-state index < -0.39 is 10.0 Å². The maximum atomic E-state index is 12.7. The monoisotopic (exact) mass is 332 g/mol. The fourth-order valence-electron chi connectivity index (χ4n) is 2.68. The summed E-state index contributed by atoms with van der Waals surface area (Å²) in [4.78, 5) is 0.131. The molecule has 1 saturated heterocycles. The summed E-state index contributed by atoms with van der Waals surface area (Å²) in [6.45, 7) is 1.35. The van der Waals surface area contributed by atoms with Crippen LogP contribution < -0.4 is 5.73 Å². The van der Waals surface area contributed by atoms with E-state index in [-0.39, 0.29) is 22.4 Å². The van der Waals surface area contributed by atoms with Crippen molar-refractivity contribution in [2.24, 2.45) is 11.7 Å². The van der Waals surface area contributed by atoms with Gasteiger partial charge in [0, 0.05) is 26.2 Å². The van der Waals surface area contributed by atoms with Crippen LogP contribution in [0, 0.1) is 5.92 Å². The highest BCUT2D eigenvalue weighted by atomic mass is 35.5. The van der Waals surface area contributed by atoms with E-state index in [1.54, 1.807) is 12.1 Å². The lowest BCUT2D eigenvalue weighted by atomic mass is 9.97. The van der Waals surface area contributed by atoms with Crippen molar-refractivity contribution in [3.8, 4) is 0 Å². The summed E-state index contributed by atoms with van der Waals surface area (Å²) in [5.41, 5.74) is 6.33. The van der Waals surface area contributed by atoms with E-state index in [4.69, 9.17) is 22.4 Å². The Kier molecular flexibility index (Phi) is 5.62. The summed E-state index contributed by atoms with van der Waals surface area (Å²) in [5.74, 6) is 0.209. The number of halogens is 1. The molecule has 0 bridgehead atoms. The van der Waals surface area contributed by atoms with Crippen LogP contribution in [0.25, 0.3) is 0 Å². The first-order valence-electron chi connectivity index (χ1n) is 7.08. The highest BCUT2D eigenvalue weighted by Gasteiger charge is 2.31. The van der Waals surface area contributed by atoms with Crippen LogP contribution in [0.2, 0.25) is 5.02 Å². The SMILES string of the molecule is NCc1ccc(S(=O)(=O)N2CCCC(CCO)C2)c(Cl)c1. The Hall–Kier alpha value is -0.660. The molecule has 1 aromatic rings. The summed E-state index contributed by atoms with van der Waals surface area (Å²) in [6, 6.07) is 4.81. The van der Waals surface area contributed by atoms with E-state index in [9.17, 15) is 8.42 Å². The standard InChI is InChI=1S/C14H21ClN2O3S/c15-13-8-12(9-16)3-4-14(13)21(19,20)17-6-1-2-11(10-17)5-7-18/h3-4,8,11,18H,1-2,5-7,9-10,16H2. The van der Waals surface area contributed by atoms with Gasteiger partial charge < -0.3 is 10.8 Å².